The molecule has 0 aliphatic carbocycles. The van der Waals surface area contributed by atoms with Crippen LogP contribution in [0.3, 0.4) is 0 Å². The molecule has 0 spiro atoms. The minimum Gasteiger partial charge on any atom is -0.312 e. The molecule has 1 amide bonds. The number of benzene rings is 1. The van der Waals surface area contributed by atoms with Gasteiger partial charge in [0.1, 0.15) is 6.29 Å². The molecular weight excluding hydrogens is 304 g/mol. The first-order valence-corrected chi connectivity index (χ1v) is 8.68. The Labute approximate surface area is 144 Å². The highest BCUT2D eigenvalue weighted by Gasteiger charge is 2.13. The van der Waals surface area contributed by atoms with E-state index >= 15 is 0 Å². The maximum absolute atomic E-state index is 12.2. The van der Waals surface area contributed by atoms with Crippen LogP contribution in [0.4, 0.5) is 0 Å². The van der Waals surface area contributed by atoms with Gasteiger partial charge >= 0.3 is 0 Å². The first-order valence-electron chi connectivity index (χ1n) is 8.68. The van der Waals surface area contributed by atoms with Crippen molar-refractivity contribution in [3.8, 4) is 0 Å². The van der Waals surface area contributed by atoms with Crippen molar-refractivity contribution < 1.29 is 9.59 Å². The lowest BCUT2D eigenvalue weighted by Crippen LogP contribution is -2.46. The third-order valence-electron chi connectivity index (χ3n) is 4.21. The fourth-order valence-corrected chi connectivity index (χ4v) is 2.86. The summed E-state index contributed by atoms with van der Waals surface area (Å²) in [6.07, 6.45) is 4.15. The molecule has 1 aromatic carbocycles. The van der Waals surface area contributed by atoms with E-state index in [1.54, 1.807) is 12.1 Å². The average molecular weight is 332 g/mol. The van der Waals surface area contributed by atoms with E-state index in [-0.39, 0.29) is 5.91 Å². The van der Waals surface area contributed by atoms with Gasteiger partial charge in [0.25, 0.3) is 5.91 Å². The van der Waals surface area contributed by atoms with Crippen LogP contribution in [0.25, 0.3) is 0 Å². The Morgan fingerprint density at radius 2 is 2.21 bits per heavy atom. The number of fused-ring (bicyclic) bond motifs is 1. The van der Waals surface area contributed by atoms with Gasteiger partial charge in [0.05, 0.1) is 6.54 Å². The van der Waals surface area contributed by atoms with Gasteiger partial charge in [0.2, 0.25) is 0 Å². The van der Waals surface area contributed by atoms with Crippen molar-refractivity contribution in [1.29, 1.82) is 0 Å². The van der Waals surface area contributed by atoms with Crippen molar-refractivity contribution in [2.24, 2.45) is 0 Å². The molecule has 1 aliphatic rings. The summed E-state index contributed by atoms with van der Waals surface area (Å²) in [6.45, 7) is 3.50. The van der Waals surface area contributed by atoms with Gasteiger partial charge in [0, 0.05) is 26.1 Å². The molecule has 6 heteroatoms. The molecule has 0 bridgehead atoms. The van der Waals surface area contributed by atoms with Gasteiger partial charge in [0.15, 0.2) is 0 Å². The number of carbonyl (C=O) groups is 2. The lowest BCUT2D eigenvalue weighted by Gasteiger charge is -2.24. The number of unbranched alkanes of at least 4 members (excludes halogenated alkanes) is 2. The summed E-state index contributed by atoms with van der Waals surface area (Å²) in [7, 11) is 1.76. The van der Waals surface area contributed by atoms with Gasteiger partial charge in [-0.2, -0.15) is 0 Å². The topological polar surface area (TPSA) is 73.5 Å². The number of hydrogen-bond donors (Lipinski definition) is 3. The predicted molar refractivity (Wildman–Crippen MR) is 94.2 cm³/mol. The number of nitrogens with one attached hydrogen (secondary N) is 3. The van der Waals surface area contributed by atoms with Gasteiger partial charge in [-0.3, -0.25) is 9.80 Å². The molecule has 0 unspecified atom stereocenters. The Morgan fingerprint density at radius 3 is 3.00 bits per heavy atom. The SMILES string of the molecule is CNCC(=O)N(CCCCC=O)NCc1ccc2c(c1)CCNC2. The zero-order valence-electron chi connectivity index (χ0n) is 14.4. The Bertz CT molecular complexity index is 548. The van der Waals surface area contributed by atoms with E-state index in [2.05, 4.69) is 34.3 Å². The third kappa shape index (κ3) is 5.70. The zero-order valence-corrected chi connectivity index (χ0v) is 14.4. The number of rotatable bonds is 10. The van der Waals surface area contributed by atoms with Crippen LogP contribution in [-0.4, -0.2) is 43.9 Å². The minimum absolute atomic E-state index is 0.0192. The minimum atomic E-state index is 0.0192. The molecule has 0 atom stereocenters. The van der Waals surface area contributed by atoms with E-state index in [0.717, 1.165) is 38.6 Å². The maximum atomic E-state index is 12.2. The second-order valence-corrected chi connectivity index (χ2v) is 6.10. The normalized spacial score (nSPS) is 13.4. The first kappa shape index (κ1) is 18.6. The molecule has 1 aromatic rings. The van der Waals surface area contributed by atoms with Crippen LogP contribution in [0.2, 0.25) is 0 Å². The third-order valence-corrected chi connectivity index (χ3v) is 4.21. The Kier molecular flexibility index (Phi) is 7.88. The molecule has 3 N–H and O–H groups in total. The van der Waals surface area contributed by atoms with Gasteiger partial charge in [-0.1, -0.05) is 18.2 Å². The first-order chi connectivity index (χ1) is 11.7. The van der Waals surface area contributed by atoms with Crippen molar-refractivity contribution in [2.75, 3.05) is 26.7 Å². The zero-order chi connectivity index (χ0) is 17.2. The van der Waals surface area contributed by atoms with Crippen molar-refractivity contribution in [1.82, 2.24) is 21.1 Å². The molecule has 24 heavy (non-hydrogen) atoms. The van der Waals surface area contributed by atoms with Crippen LogP contribution in [0.5, 0.6) is 0 Å². The monoisotopic (exact) mass is 332 g/mol. The molecular formula is C18H28N4O2. The number of hydrogen-bond acceptors (Lipinski definition) is 5. The second-order valence-electron chi connectivity index (χ2n) is 6.10. The van der Waals surface area contributed by atoms with E-state index in [0.29, 0.717) is 26.1 Å². The lowest BCUT2D eigenvalue weighted by atomic mass is 9.98. The highest BCUT2D eigenvalue weighted by atomic mass is 16.2. The van der Waals surface area contributed by atoms with Crippen LogP contribution in [0, 0.1) is 0 Å². The summed E-state index contributed by atoms with van der Waals surface area (Å²) in [5.41, 5.74) is 7.19. The average Bonchev–Trinajstić information content (AvgIpc) is 2.61. The van der Waals surface area contributed by atoms with Crippen molar-refractivity contribution in [3.63, 3.8) is 0 Å². The van der Waals surface area contributed by atoms with Crippen LogP contribution in [0.1, 0.15) is 36.0 Å². The Morgan fingerprint density at radius 1 is 1.33 bits per heavy atom. The summed E-state index contributed by atoms with van der Waals surface area (Å²) in [5, 5.41) is 7.94. The number of amides is 1. The molecule has 2 rings (SSSR count). The smallest absolute Gasteiger partial charge is 0.250 e. The summed E-state index contributed by atoms with van der Waals surface area (Å²) < 4.78 is 0. The van der Waals surface area contributed by atoms with Crippen molar-refractivity contribution >= 4 is 12.2 Å². The van der Waals surface area contributed by atoms with Crippen LogP contribution in [-0.2, 0) is 29.1 Å². The van der Waals surface area contributed by atoms with Crippen LogP contribution in [0.15, 0.2) is 18.2 Å². The van der Waals surface area contributed by atoms with Gasteiger partial charge in [-0.25, -0.2) is 5.43 Å². The fraction of sp³-hybridized carbons (Fsp3) is 0.556. The molecule has 0 fully saturated rings. The summed E-state index contributed by atoms with van der Waals surface area (Å²) in [5.74, 6) is 0.0192. The van der Waals surface area contributed by atoms with Gasteiger partial charge in [-0.15, -0.1) is 0 Å². The summed E-state index contributed by atoms with van der Waals surface area (Å²) in [4.78, 5) is 22.6. The maximum Gasteiger partial charge on any atom is 0.250 e. The van der Waals surface area contributed by atoms with E-state index in [9.17, 15) is 9.59 Å². The Hall–Kier alpha value is -1.76. The molecule has 132 valence electrons. The molecule has 1 aliphatic heterocycles. The molecule has 1 heterocycles. The fourth-order valence-electron chi connectivity index (χ4n) is 2.86. The lowest BCUT2D eigenvalue weighted by molar-refractivity contribution is -0.133. The summed E-state index contributed by atoms with van der Waals surface area (Å²) in [6, 6.07) is 6.52. The number of hydrazine groups is 1. The highest BCUT2D eigenvalue weighted by Crippen LogP contribution is 2.16. The van der Waals surface area contributed by atoms with E-state index in [1.807, 2.05) is 0 Å². The molecule has 0 radical (unpaired) electrons. The molecule has 0 saturated heterocycles. The highest BCUT2D eigenvalue weighted by molar-refractivity contribution is 5.77. The van der Waals surface area contributed by atoms with Crippen molar-refractivity contribution in [2.45, 2.75) is 38.8 Å². The number of aldehydes is 1. The van der Waals surface area contributed by atoms with Crippen molar-refractivity contribution in [3.05, 3.63) is 34.9 Å². The largest absolute Gasteiger partial charge is 0.312 e. The Balaban J connectivity index is 1.90. The number of likely N-dealkylation sites (N-methyl/N-ethyl adjacent to an activating group) is 1. The van der Waals surface area contributed by atoms with Crippen LogP contribution >= 0.6 is 0 Å². The van der Waals surface area contributed by atoms with E-state index < -0.39 is 0 Å². The van der Waals surface area contributed by atoms with Gasteiger partial charge < -0.3 is 15.4 Å². The van der Waals surface area contributed by atoms with E-state index in [4.69, 9.17) is 0 Å². The van der Waals surface area contributed by atoms with Crippen LogP contribution < -0.4 is 16.1 Å². The quantitative estimate of drug-likeness (QED) is 0.335. The number of carbonyl (C=O) groups excluding carboxylic acids is 2. The molecule has 6 nitrogen and oxygen atoms in total. The van der Waals surface area contributed by atoms with Gasteiger partial charge in [-0.05, 0) is 49.5 Å². The second kappa shape index (κ2) is 10.2. The standard InChI is InChI=1S/C18H28N4O2/c1-19-14-18(24)22(9-3-2-4-10-23)21-12-15-5-6-17-13-20-8-7-16(17)11-15/h5-6,10-11,19-21H,2-4,7-9,12-14H2,1H3. The van der Waals surface area contributed by atoms with E-state index in [1.165, 1.54) is 16.7 Å². The number of nitrogens with zero attached hydrogens (tertiary/aromatic N) is 1. The molecule has 0 aromatic heterocycles. The predicted octanol–water partition coefficient (Wildman–Crippen LogP) is 0.754. The summed E-state index contributed by atoms with van der Waals surface area (Å²) >= 11 is 0. The molecule has 0 saturated carbocycles.